The van der Waals surface area contributed by atoms with Crippen LogP contribution in [0.3, 0.4) is 0 Å². The van der Waals surface area contributed by atoms with E-state index in [1.165, 1.54) is 77.3 Å². The number of nitrogens with two attached hydrogens (primary N) is 2. The molecule has 11 rings (SSSR count). The van der Waals surface area contributed by atoms with E-state index in [1.807, 2.05) is 48.5 Å². The summed E-state index contributed by atoms with van der Waals surface area (Å²) in [5, 5.41) is 44.4. The molecule has 0 amide bonds. The third-order valence-electron chi connectivity index (χ3n) is 17.1. The topological polar surface area (TPSA) is 492 Å². The van der Waals surface area contributed by atoms with Gasteiger partial charge in [-0.05, 0) is 235 Å². The summed E-state index contributed by atoms with van der Waals surface area (Å²) in [6.45, 7) is 25.4. The molecule has 0 spiro atoms. The maximum Gasteiger partial charge on any atom is 1.00 e. The van der Waals surface area contributed by atoms with Gasteiger partial charge in [-0.15, -0.1) is 0 Å². The van der Waals surface area contributed by atoms with Crippen LogP contribution in [0.25, 0.3) is 80.4 Å². The SMILES string of the molecule is BrCCCCBr.BrCCCCOc1ccc2nc[nH]c2c1.C1CCOC1.CC(C)N1CN(C(C)C)c2cc(OCCCCN=[N+]=[N-])ccc21.CC(C)n1c[n+](C(C)C)c2ccc(OCCCCN=[N+]=[N-])cc21.Nc1ccc(O)cc1[N+](=O)[O-].Nc1ccc(OCCCCBr)cc1[N+](=O)[O-].[I-].[N-]=[N+]=NCCCCOc1ccc2nc[nH]c2c1.[N-]=[N+]=[N-].[Na+]. The van der Waals surface area contributed by atoms with Gasteiger partial charge in [-0.1, -0.05) is 79.1 Å². The predicted molar refractivity (Wildman–Crippen MR) is 489 cm³/mol. The zero-order chi connectivity index (χ0) is 87.5. The number of halogens is 5. The van der Waals surface area contributed by atoms with E-state index in [0.29, 0.717) is 76.0 Å². The Morgan fingerprint density at radius 1 is 0.521 bits per heavy atom. The molecule has 656 valence electrons. The molecule has 5 heterocycles. The van der Waals surface area contributed by atoms with Gasteiger partial charge in [-0.25, -0.2) is 19.1 Å². The third-order valence-corrected chi connectivity index (χ3v) is 19.3. The summed E-state index contributed by atoms with van der Waals surface area (Å²) in [6, 6.07) is 34.1. The van der Waals surface area contributed by atoms with Crippen LogP contribution >= 0.6 is 63.7 Å². The van der Waals surface area contributed by atoms with E-state index >= 15 is 0 Å². The van der Waals surface area contributed by atoms with E-state index < -0.39 is 9.85 Å². The molecule has 1 fully saturated rings. The number of nitrogens with zero attached hydrogens (tertiary/aromatic N) is 20. The summed E-state index contributed by atoms with van der Waals surface area (Å²) in [5.41, 5.74) is 57.4. The van der Waals surface area contributed by atoms with Crippen LogP contribution in [0.4, 0.5) is 34.1 Å². The van der Waals surface area contributed by atoms with Gasteiger partial charge in [0, 0.05) is 105 Å². The van der Waals surface area contributed by atoms with E-state index in [9.17, 15) is 20.2 Å². The number of fused-ring (bicyclic) bond motifs is 4. The number of aromatic amines is 2. The van der Waals surface area contributed by atoms with Crippen molar-refractivity contribution >= 4 is 131 Å². The minimum Gasteiger partial charge on any atom is -1.00 e. The first-order valence-electron chi connectivity index (χ1n) is 39.3. The van der Waals surface area contributed by atoms with E-state index in [1.54, 1.807) is 18.7 Å². The molecule has 121 heavy (non-hydrogen) atoms. The van der Waals surface area contributed by atoms with E-state index in [2.05, 4.69) is 219 Å². The summed E-state index contributed by atoms with van der Waals surface area (Å²) in [7, 11) is 0. The summed E-state index contributed by atoms with van der Waals surface area (Å²) < 4.78 is 37.8. The number of aromatic nitrogens is 6. The summed E-state index contributed by atoms with van der Waals surface area (Å²) in [6.07, 6.45) is 20.0. The number of aromatic hydroxyl groups is 1. The fourth-order valence-corrected chi connectivity index (χ4v) is 12.5. The number of phenolic OH excluding ortho intramolecular Hbond substituents is 1. The van der Waals surface area contributed by atoms with Crippen LogP contribution in [0, 0.1) is 20.2 Å². The number of benzene rings is 6. The fraction of sp³-hybridized carbons (Fsp3) is 0.512. The van der Waals surface area contributed by atoms with Gasteiger partial charge in [0.1, 0.15) is 45.9 Å². The van der Waals surface area contributed by atoms with Crippen molar-refractivity contribution in [2.75, 3.05) is 115 Å². The first-order chi connectivity index (χ1) is 57.5. The average Bonchev–Trinajstić information content (AvgIpc) is 1.64. The molecular weight excluding hydrogens is 1940 g/mol. The number of unbranched alkanes of at least 4 members (excludes halogenated alkanes) is 6. The fourth-order valence-electron chi connectivity index (χ4n) is 10.9. The first-order valence-corrected chi connectivity index (χ1v) is 43.8. The van der Waals surface area contributed by atoms with E-state index in [-0.39, 0.29) is 82.0 Å². The predicted octanol–water partition coefficient (Wildman–Crippen LogP) is 17.1. The van der Waals surface area contributed by atoms with Crippen LogP contribution in [0.1, 0.15) is 157 Å². The van der Waals surface area contributed by atoms with Crippen molar-refractivity contribution in [2.24, 2.45) is 15.3 Å². The van der Waals surface area contributed by atoms with Crippen molar-refractivity contribution in [3.63, 3.8) is 0 Å². The van der Waals surface area contributed by atoms with Gasteiger partial charge in [0.25, 0.3) is 11.4 Å². The summed E-state index contributed by atoms with van der Waals surface area (Å²) >= 11 is 13.4. The number of imidazole rings is 3. The van der Waals surface area contributed by atoms with Gasteiger partial charge in [0.15, 0.2) is 11.0 Å². The molecule has 0 unspecified atom stereocenters. The van der Waals surface area contributed by atoms with Gasteiger partial charge >= 0.3 is 29.6 Å². The van der Waals surface area contributed by atoms with E-state index in [0.717, 1.165) is 163 Å². The van der Waals surface area contributed by atoms with Crippen molar-refractivity contribution in [2.45, 2.75) is 169 Å². The van der Waals surface area contributed by atoms with Gasteiger partial charge in [-0.2, -0.15) is 0 Å². The van der Waals surface area contributed by atoms with E-state index in [4.69, 9.17) is 72.7 Å². The molecule has 0 atom stereocenters. The van der Waals surface area contributed by atoms with Gasteiger partial charge in [-0.3, -0.25) is 25.1 Å². The molecule has 35 nitrogen and oxygen atoms in total. The Morgan fingerprint density at radius 2 is 0.893 bits per heavy atom. The number of azide groups is 3. The molecule has 41 heteroatoms. The Hall–Kier alpha value is -8.62. The smallest absolute Gasteiger partial charge is 1.00 e. The Balaban J connectivity index is 0.000000708. The molecule has 6 aromatic carbocycles. The van der Waals surface area contributed by atoms with Crippen LogP contribution in [0.2, 0.25) is 0 Å². The molecule has 0 radical (unpaired) electrons. The zero-order valence-corrected chi connectivity index (χ0v) is 81.0. The van der Waals surface area contributed by atoms with Crippen molar-refractivity contribution < 1.29 is 101 Å². The number of nitrogen functional groups attached to an aromatic ring is 2. The maximum atomic E-state index is 10.6. The molecule has 0 bridgehead atoms. The Kier molecular flexibility index (Phi) is 61.1. The Morgan fingerprint density at radius 3 is 1.28 bits per heavy atom. The normalized spacial score (nSPS) is 11.1. The monoisotopic (exact) mass is 2050 g/mol. The number of hydrogen-bond donors (Lipinski definition) is 5. The van der Waals surface area contributed by atoms with Crippen LogP contribution in [0.15, 0.2) is 144 Å². The molecule has 0 saturated carbocycles. The molecular formula is C80H114Br4IN24NaO11. The first kappa shape index (κ1) is 110. The zero-order valence-electron chi connectivity index (χ0n) is 70.5. The van der Waals surface area contributed by atoms with Crippen LogP contribution < -0.4 is 103 Å². The minimum atomic E-state index is -0.644. The quantitative estimate of drug-likeness (QED) is 0.00196. The van der Waals surface area contributed by atoms with Crippen LogP contribution in [0.5, 0.6) is 34.5 Å². The second-order valence-corrected chi connectivity index (χ2v) is 30.5. The Bertz CT molecular complexity index is 4570. The molecule has 1 saturated heterocycles. The standard InChI is InChI=1S/C17H27N5O.C17H26N5O.C11H13BrN2O.C11H13N5O.C10H13BrN2O3.C6H6N2O3.C4H8Br2.C4H8O.HI.N3.Na/c2*1-13(2)21-12-22(14(3)4)17-11-15(7-8-16(17)21)23-10-6-5-9-19-20-18;12-5-1-2-6-15-9-3-4-10-11(7-9)14-8-13-10;12-16-15-5-1-2-6-17-9-3-4-10-11(7-9)14-8-13-10;11-5-1-2-6-16-8-3-4-9(12)10(7-8)13(14)15;7-5-2-1-4(9)3-6(5)8(10)11;5-3-1-2-4-6;1-2-4-5-3-1;;1-3-2;/h7-8,11,13-14H,5-6,9-10,12H2,1-4H3;7-8,11-14H,5-6,9-10H2,1-4H3;3-4,7-8H,1-2,5-6H2,(H,13,14);3-4,7-8H,1-2,5-6H2,(H,13,14);3-4,7H,1-2,5-6,12H2;1-3,9H,7H2;1-4H2;1-4H2;1H;;/q;+1;;;;;;;;-1;+1/p-1. The molecule has 0 aliphatic carbocycles. The largest absolute Gasteiger partial charge is 1.00 e. The number of alkyl halides is 4. The van der Waals surface area contributed by atoms with Crippen molar-refractivity contribution in [1.29, 1.82) is 0 Å². The molecule has 9 aromatic rings. The van der Waals surface area contributed by atoms with Gasteiger partial charge < -0.3 is 99.8 Å². The molecule has 2 aliphatic rings. The number of hydrogen-bond acceptors (Lipinski definition) is 20. The van der Waals surface area contributed by atoms with Crippen molar-refractivity contribution in [3.8, 4) is 34.5 Å². The number of anilines is 4. The van der Waals surface area contributed by atoms with Crippen molar-refractivity contribution in [3.05, 3.63) is 196 Å². The number of phenols is 1. The van der Waals surface area contributed by atoms with Crippen LogP contribution in [-0.4, -0.2) is 145 Å². The number of nitro groups is 2. The number of H-pyrrole nitrogens is 2. The van der Waals surface area contributed by atoms with Gasteiger partial charge in [0.05, 0.1) is 120 Å². The molecule has 2 aliphatic heterocycles. The second kappa shape index (κ2) is 66.9. The Labute approximate surface area is 780 Å². The molecule has 7 N–H and O–H groups in total. The van der Waals surface area contributed by atoms with Gasteiger partial charge in [0.2, 0.25) is 6.33 Å². The average molecular weight is 2060 g/mol. The maximum absolute atomic E-state index is 10.6. The summed E-state index contributed by atoms with van der Waals surface area (Å²) in [5.74, 6) is 3.84. The minimum absolute atomic E-state index is 0. The molecule has 3 aromatic heterocycles. The second-order valence-electron chi connectivity index (χ2n) is 27.3. The number of nitrogens with one attached hydrogen (secondary N) is 2. The number of nitro benzene ring substituents is 2. The van der Waals surface area contributed by atoms with Crippen LogP contribution in [-0.2, 0) is 4.74 Å². The van der Waals surface area contributed by atoms with Crippen molar-refractivity contribution in [1.82, 2.24) is 24.5 Å². The third kappa shape index (κ3) is 44.3. The summed E-state index contributed by atoms with van der Waals surface area (Å²) in [4.78, 5) is 48.5. The number of rotatable bonds is 37. The number of ether oxygens (including phenoxy) is 6.